The fourth-order valence-electron chi connectivity index (χ4n) is 5.81. The summed E-state index contributed by atoms with van der Waals surface area (Å²) < 4.78 is 0. The van der Waals surface area contributed by atoms with Crippen LogP contribution in [-0.4, -0.2) is 0 Å². The largest absolute Gasteiger partial charge is 0.378 e. The van der Waals surface area contributed by atoms with Crippen molar-refractivity contribution in [2.75, 3.05) is 5.32 Å². The third-order valence-corrected chi connectivity index (χ3v) is 6.94. The number of benzene rings is 4. The van der Waals surface area contributed by atoms with Gasteiger partial charge >= 0.3 is 0 Å². The summed E-state index contributed by atoms with van der Waals surface area (Å²) in [6, 6.07) is 25.1. The highest BCUT2D eigenvalue weighted by Gasteiger charge is 2.39. The second-order valence-electron chi connectivity index (χ2n) is 8.75. The lowest BCUT2D eigenvalue weighted by Crippen LogP contribution is -2.30. The highest BCUT2D eigenvalue weighted by Crippen LogP contribution is 2.53. The van der Waals surface area contributed by atoms with Crippen LogP contribution in [0.2, 0.25) is 0 Å². The smallest absolute Gasteiger partial charge is 0.0566 e. The van der Waals surface area contributed by atoms with Gasteiger partial charge in [-0.15, -0.1) is 0 Å². The molecule has 0 saturated heterocycles. The minimum absolute atomic E-state index is 0.305. The molecule has 4 aromatic rings. The second kappa shape index (κ2) is 6.22. The Kier molecular flexibility index (Phi) is 3.61. The van der Waals surface area contributed by atoms with Gasteiger partial charge in [0.2, 0.25) is 0 Å². The highest BCUT2D eigenvalue weighted by atomic mass is 15.0. The van der Waals surface area contributed by atoms with E-state index in [1.54, 1.807) is 0 Å². The van der Waals surface area contributed by atoms with E-state index in [4.69, 9.17) is 0 Å². The Morgan fingerprint density at radius 3 is 2.21 bits per heavy atom. The van der Waals surface area contributed by atoms with Gasteiger partial charge in [0, 0.05) is 11.6 Å². The predicted octanol–water partition coefficient (Wildman–Crippen LogP) is 7.44. The van der Waals surface area contributed by atoms with Gasteiger partial charge in [0.15, 0.2) is 0 Å². The van der Waals surface area contributed by atoms with Crippen molar-refractivity contribution >= 4 is 27.2 Å². The standard InChI is InChI=1S/C28H25N/c1-17-14-18(2)26-23-12-7-13-24(23)28(29-25(26)15-17)27-21-10-5-3-8-19(21)16-20-9-4-6-11-22(20)27/h3-12,14-16,23-24,28-29H,13H2,1-2H3/t23-,24+,28-/m1/s1. The van der Waals surface area contributed by atoms with Crippen LogP contribution in [0.1, 0.15) is 40.6 Å². The van der Waals surface area contributed by atoms with Crippen molar-refractivity contribution in [3.05, 3.63) is 101 Å². The van der Waals surface area contributed by atoms with Gasteiger partial charge in [0.1, 0.15) is 0 Å². The Hall–Kier alpha value is -3.06. The summed E-state index contributed by atoms with van der Waals surface area (Å²) in [6.45, 7) is 4.47. The van der Waals surface area contributed by atoms with Gasteiger partial charge in [-0.1, -0.05) is 66.7 Å². The monoisotopic (exact) mass is 375 g/mol. The number of rotatable bonds is 1. The first kappa shape index (κ1) is 16.9. The molecule has 0 radical (unpaired) electrons. The van der Waals surface area contributed by atoms with Crippen LogP contribution in [0.4, 0.5) is 5.69 Å². The third kappa shape index (κ3) is 2.47. The Balaban J connectivity index is 1.65. The molecule has 1 heterocycles. The van der Waals surface area contributed by atoms with Crippen LogP contribution >= 0.6 is 0 Å². The Morgan fingerprint density at radius 1 is 0.793 bits per heavy atom. The minimum atomic E-state index is 0.305. The first-order valence-electron chi connectivity index (χ1n) is 10.7. The van der Waals surface area contributed by atoms with E-state index < -0.39 is 0 Å². The average Bonchev–Trinajstić information content (AvgIpc) is 3.20. The lowest BCUT2D eigenvalue weighted by atomic mass is 9.74. The van der Waals surface area contributed by atoms with Crippen molar-refractivity contribution in [1.82, 2.24) is 0 Å². The number of fused-ring (bicyclic) bond motifs is 5. The van der Waals surface area contributed by atoms with Gasteiger partial charge in [-0.3, -0.25) is 0 Å². The molecule has 0 aromatic heterocycles. The van der Waals surface area contributed by atoms with Crippen LogP contribution in [-0.2, 0) is 0 Å². The van der Waals surface area contributed by atoms with Crippen molar-refractivity contribution in [2.45, 2.75) is 32.2 Å². The van der Waals surface area contributed by atoms with E-state index in [0.29, 0.717) is 17.9 Å². The van der Waals surface area contributed by atoms with Crippen LogP contribution < -0.4 is 5.32 Å². The summed E-state index contributed by atoms with van der Waals surface area (Å²) >= 11 is 0. The third-order valence-electron chi connectivity index (χ3n) is 6.94. The number of aryl methyl sites for hydroxylation is 2. The second-order valence-corrected chi connectivity index (χ2v) is 8.75. The van der Waals surface area contributed by atoms with E-state index >= 15 is 0 Å². The lowest BCUT2D eigenvalue weighted by molar-refractivity contribution is 0.428. The molecule has 2 aliphatic rings. The molecule has 142 valence electrons. The van der Waals surface area contributed by atoms with Gasteiger partial charge in [0.05, 0.1) is 6.04 Å². The van der Waals surface area contributed by atoms with Crippen molar-refractivity contribution < 1.29 is 0 Å². The molecule has 1 heteroatoms. The van der Waals surface area contributed by atoms with Gasteiger partial charge in [0.25, 0.3) is 0 Å². The molecule has 0 fully saturated rings. The molecule has 0 amide bonds. The van der Waals surface area contributed by atoms with E-state index in [-0.39, 0.29) is 0 Å². The first-order valence-corrected chi connectivity index (χ1v) is 10.7. The molecule has 0 saturated carbocycles. The summed E-state index contributed by atoms with van der Waals surface area (Å²) in [4.78, 5) is 0. The summed E-state index contributed by atoms with van der Waals surface area (Å²) in [6.07, 6.45) is 5.98. The summed E-state index contributed by atoms with van der Waals surface area (Å²) in [5, 5.41) is 9.43. The molecule has 1 N–H and O–H groups in total. The van der Waals surface area contributed by atoms with Gasteiger partial charge in [-0.25, -0.2) is 0 Å². The molecule has 4 aromatic carbocycles. The van der Waals surface area contributed by atoms with Crippen LogP contribution in [0.3, 0.4) is 0 Å². The normalized spacial score (nSPS) is 22.5. The average molecular weight is 376 g/mol. The van der Waals surface area contributed by atoms with Crippen molar-refractivity contribution in [2.24, 2.45) is 5.92 Å². The SMILES string of the molecule is Cc1cc(C)c2c(c1)N[C@@H](c1c3ccccc3cc3ccccc13)[C@H]1CC=C[C@@H]21. The number of hydrogen-bond donors (Lipinski definition) is 1. The molecule has 1 nitrogen and oxygen atoms in total. The van der Waals surface area contributed by atoms with E-state index in [2.05, 4.69) is 98.0 Å². The lowest BCUT2D eigenvalue weighted by Gasteiger charge is -2.39. The maximum atomic E-state index is 4.01. The maximum absolute atomic E-state index is 4.01. The van der Waals surface area contributed by atoms with Crippen LogP contribution in [0.15, 0.2) is 78.9 Å². The van der Waals surface area contributed by atoms with E-state index in [0.717, 1.165) is 6.42 Å². The number of allylic oxidation sites excluding steroid dienone is 2. The molecule has 1 aliphatic heterocycles. The van der Waals surface area contributed by atoms with E-state index in [1.807, 2.05) is 0 Å². The van der Waals surface area contributed by atoms with Crippen molar-refractivity contribution in [3.8, 4) is 0 Å². The topological polar surface area (TPSA) is 12.0 Å². The summed E-state index contributed by atoms with van der Waals surface area (Å²) in [5.74, 6) is 1.05. The van der Waals surface area contributed by atoms with E-state index in [9.17, 15) is 0 Å². The fourth-order valence-corrected chi connectivity index (χ4v) is 5.81. The zero-order valence-corrected chi connectivity index (χ0v) is 16.9. The van der Waals surface area contributed by atoms with Crippen LogP contribution in [0, 0.1) is 19.8 Å². The van der Waals surface area contributed by atoms with Gasteiger partial charge in [-0.05, 0) is 82.1 Å². The molecule has 3 atom stereocenters. The highest BCUT2D eigenvalue weighted by molar-refractivity contribution is 6.03. The quantitative estimate of drug-likeness (QED) is 0.269. The molecule has 29 heavy (non-hydrogen) atoms. The predicted molar refractivity (Wildman–Crippen MR) is 124 cm³/mol. The van der Waals surface area contributed by atoms with E-state index in [1.165, 1.54) is 49.5 Å². The number of anilines is 1. The van der Waals surface area contributed by atoms with Gasteiger partial charge in [-0.2, -0.15) is 0 Å². The zero-order chi connectivity index (χ0) is 19.5. The molecule has 0 spiro atoms. The van der Waals surface area contributed by atoms with Gasteiger partial charge < -0.3 is 5.32 Å². The van der Waals surface area contributed by atoms with Crippen molar-refractivity contribution in [3.63, 3.8) is 0 Å². The van der Waals surface area contributed by atoms with Crippen molar-refractivity contribution in [1.29, 1.82) is 0 Å². The molecular formula is C28H25N. The number of nitrogens with one attached hydrogen (secondary N) is 1. The minimum Gasteiger partial charge on any atom is -0.378 e. The molecule has 0 bridgehead atoms. The number of hydrogen-bond acceptors (Lipinski definition) is 1. The molecular weight excluding hydrogens is 350 g/mol. The summed E-state index contributed by atoms with van der Waals surface area (Å²) in [5.41, 5.74) is 7.01. The molecule has 6 rings (SSSR count). The Morgan fingerprint density at radius 2 is 1.48 bits per heavy atom. The van der Waals surface area contributed by atoms with Crippen LogP contribution in [0.5, 0.6) is 0 Å². The Bertz CT molecular complexity index is 1240. The maximum Gasteiger partial charge on any atom is 0.0566 e. The first-order chi connectivity index (χ1) is 14.2. The fraction of sp³-hybridized carbons (Fsp3) is 0.214. The molecule has 0 unspecified atom stereocenters. The summed E-state index contributed by atoms with van der Waals surface area (Å²) in [7, 11) is 0. The Labute approximate surface area is 172 Å². The molecule has 1 aliphatic carbocycles. The zero-order valence-electron chi connectivity index (χ0n) is 16.9. The van der Waals surface area contributed by atoms with Crippen LogP contribution in [0.25, 0.3) is 21.5 Å².